The van der Waals surface area contributed by atoms with Gasteiger partial charge in [-0.3, -0.25) is 0 Å². The molecule has 0 aromatic carbocycles. The van der Waals surface area contributed by atoms with Gasteiger partial charge in [0.25, 0.3) is 0 Å². The lowest BCUT2D eigenvalue weighted by molar-refractivity contribution is -0.151. The van der Waals surface area contributed by atoms with Gasteiger partial charge in [-0.05, 0) is 13.3 Å². The van der Waals surface area contributed by atoms with Crippen LogP contribution in [0.3, 0.4) is 0 Å². The summed E-state index contributed by atoms with van der Waals surface area (Å²) in [7, 11) is 0. The molecule has 0 aromatic rings. The minimum absolute atomic E-state index is 0.126. The number of ether oxygens (including phenoxy) is 3. The van der Waals surface area contributed by atoms with E-state index in [2.05, 4.69) is 0 Å². The van der Waals surface area contributed by atoms with E-state index in [4.69, 9.17) is 19.3 Å². The van der Waals surface area contributed by atoms with Crippen molar-refractivity contribution in [3.05, 3.63) is 0 Å². The van der Waals surface area contributed by atoms with Crippen LogP contribution in [0.5, 0.6) is 0 Å². The van der Waals surface area contributed by atoms with Gasteiger partial charge in [0.1, 0.15) is 0 Å². The highest BCUT2D eigenvalue weighted by atomic mass is 16.5. The first kappa shape index (κ1) is 12.4. The van der Waals surface area contributed by atoms with E-state index in [1.54, 1.807) is 6.92 Å². The second-order valence-electron chi connectivity index (χ2n) is 3.43. The normalized spacial score (nSPS) is 22.9. The maximum atomic E-state index is 10.7. The Morgan fingerprint density at radius 1 is 1.67 bits per heavy atom. The van der Waals surface area contributed by atoms with Gasteiger partial charge < -0.3 is 19.3 Å². The summed E-state index contributed by atoms with van der Waals surface area (Å²) in [6.07, 6.45) is 0.657. The van der Waals surface area contributed by atoms with Crippen molar-refractivity contribution >= 4 is 5.97 Å². The van der Waals surface area contributed by atoms with E-state index in [0.29, 0.717) is 26.2 Å². The highest BCUT2D eigenvalue weighted by molar-refractivity contribution is 5.72. The zero-order valence-corrected chi connectivity index (χ0v) is 8.98. The van der Waals surface area contributed by atoms with Crippen LogP contribution in [0.1, 0.15) is 19.8 Å². The SMILES string of the molecule is CCOC(CCOC1CCOC1)C(=O)O. The highest BCUT2D eigenvalue weighted by Gasteiger charge is 2.20. The van der Waals surface area contributed by atoms with Crippen molar-refractivity contribution < 1.29 is 24.1 Å². The fraction of sp³-hybridized carbons (Fsp3) is 0.900. The van der Waals surface area contributed by atoms with Crippen LogP contribution in [0, 0.1) is 0 Å². The molecule has 5 heteroatoms. The van der Waals surface area contributed by atoms with Gasteiger partial charge in [-0.15, -0.1) is 0 Å². The highest BCUT2D eigenvalue weighted by Crippen LogP contribution is 2.09. The maximum absolute atomic E-state index is 10.7. The lowest BCUT2D eigenvalue weighted by Crippen LogP contribution is -2.26. The summed E-state index contributed by atoms with van der Waals surface area (Å²) in [5.41, 5.74) is 0. The van der Waals surface area contributed by atoms with E-state index in [-0.39, 0.29) is 6.10 Å². The molecule has 1 N–H and O–H groups in total. The second-order valence-corrected chi connectivity index (χ2v) is 3.43. The van der Waals surface area contributed by atoms with E-state index < -0.39 is 12.1 Å². The molecule has 0 saturated carbocycles. The third kappa shape index (κ3) is 4.59. The van der Waals surface area contributed by atoms with Gasteiger partial charge in [-0.25, -0.2) is 4.79 Å². The van der Waals surface area contributed by atoms with Crippen molar-refractivity contribution in [2.45, 2.75) is 32.0 Å². The molecule has 0 spiro atoms. The van der Waals surface area contributed by atoms with E-state index in [0.717, 1.165) is 13.0 Å². The average molecular weight is 218 g/mol. The van der Waals surface area contributed by atoms with E-state index >= 15 is 0 Å². The van der Waals surface area contributed by atoms with Gasteiger partial charge in [0.05, 0.1) is 19.3 Å². The Kier molecular flexibility index (Phi) is 5.60. The molecule has 1 saturated heterocycles. The number of aliphatic carboxylic acids is 1. The van der Waals surface area contributed by atoms with Gasteiger partial charge in [-0.1, -0.05) is 0 Å². The third-order valence-corrected chi connectivity index (χ3v) is 2.26. The van der Waals surface area contributed by atoms with Crippen LogP contribution in [0.25, 0.3) is 0 Å². The standard InChI is InChI=1S/C10H18O5/c1-2-14-9(10(11)12)4-6-15-8-3-5-13-7-8/h8-9H,2-7H2,1H3,(H,11,12). The van der Waals surface area contributed by atoms with Crippen LogP contribution in [0.4, 0.5) is 0 Å². The minimum atomic E-state index is -0.928. The van der Waals surface area contributed by atoms with Crippen LogP contribution in [-0.4, -0.2) is 49.7 Å². The Bertz CT molecular complexity index is 188. The Balaban J connectivity index is 2.12. The number of rotatable bonds is 7. The molecule has 1 rings (SSSR count). The molecule has 2 atom stereocenters. The largest absolute Gasteiger partial charge is 0.479 e. The summed E-state index contributed by atoms with van der Waals surface area (Å²) in [6.45, 7) is 3.95. The molecule has 15 heavy (non-hydrogen) atoms. The molecule has 1 aliphatic rings. The van der Waals surface area contributed by atoms with E-state index in [1.165, 1.54) is 0 Å². The predicted octanol–water partition coefficient (Wildman–Crippen LogP) is 0.672. The van der Waals surface area contributed by atoms with Crippen LogP contribution in [-0.2, 0) is 19.0 Å². The molecule has 88 valence electrons. The first-order valence-electron chi connectivity index (χ1n) is 5.27. The Morgan fingerprint density at radius 2 is 2.47 bits per heavy atom. The third-order valence-electron chi connectivity index (χ3n) is 2.26. The smallest absolute Gasteiger partial charge is 0.332 e. The molecule has 0 aromatic heterocycles. The predicted molar refractivity (Wildman–Crippen MR) is 52.8 cm³/mol. The summed E-state index contributed by atoms with van der Waals surface area (Å²) in [6, 6.07) is 0. The van der Waals surface area contributed by atoms with Crippen LogP contribution >= 0.6 is 0 Å². The quantitative estimate of drug-likeness (QED) is 0.680. The molecule has 0 radical (unpaired) electrons. The Labute approximate surface area is 89.3 Å². The van der Waals surface area contributed by atoms with Crippen molar-refractivity contribution in [2.75, 3.05) is 26.4 Å². The van der Waals surface area contributed by atoms with Crippen LogP contribution < -0.4 is 0 Å². The first-order chi connectivity index (χ1) is 7.24. The van der Waals surface area contributed by atoms with Gasteiger partial charge in [0, 0.05) is 19.6 Å². The summed E-state index contributed by atoms with van der Waals surface area (Å²) >= 11 is 0. The maximum Gasteiger partial charge on any atom is 0.332 e. The molecule has 1 heterocycles. The van der Waals surface area contributed by atoms with Gasteiger partial charge in [-0.2, -0.15) is 0 Å². The summed E-state index contributed by atoms with van der Waals surface area (Å²) in [5, 5.41) is 8.79. The van der Waals surface area contributed by atoms with Crippen molar-refractivity contribution in [3.8, 4) is 0 Å². The van der Waals surface area contributed by atoms with Crippen molar-refractivity contribution in [1.29, 1.82) is 0 Å². The van der Waals surface area contributed by atoms with Gasteiger partial charge in [0.2, 0.25) is 0 Å². The molecule has 1 fully saturated rings. The van der Waals surface area contributed by atoms with Gasteiger partial charge in [0.15, 0.2) is 6.10 Å². The second kappa shape index (κ2) is 6.76. The zero-order valence-electron chi connectivity index (χ0n) is 8.98. The van der Waals surface area contributed by atoms with Crippen molar-refractivity contribution in [3.63, 3.8) is 0 Å². The van der Waals surface area contributed by atoms with Crippen molar-refractivity contribution in [1.82, 2.24) is 0 Å². The molecule has 0 aliphatic carbocycles. The molecule has 5 nitrogen and oxygen atoms in total. The summed E-state index contributed by atoms with van der Waals surface area (Å²) in [4.78, 5) is 10.7. The molecular weight excluding hydrogens is 200 g/mol. The van der Waals surface area contributed by atoms with Crippen LogP contribution in [0.2, 0.25) is 0 Å². The number of carboxylic acids is 1. The molecular formula is C10H18O5. The van der Waals surface area contributed by atoms with E-state index in [1.807, 2.05) is 0 Å². The number of carbonyl (C=O) groups is 1. The number of hydrogen-bond donors (Lipinski definition) is 1. The number of hydrogen-bond acceptors (Lipinski definition) is 4. The Morgan fingerprint density at radius 3 is 3.00 bits per heavy atom. The Hall–Kier alpha value is -0.650. The lowest BCUT2D eigenvalue weighted by atomic mass is 10.2. The zero-order chi connectivity index (χ0) is 11.1. The fourth-order valence-electron chi connectivity index (χ4n) is 1.47. The van der Waals surface area contributed by atoms with Gasteiger partial charge >= 0.3 is 5.97 Å². The summed E-state index contributed by atoms with van der Waals surface area (Å²) in [5.74, 6) is -0.928. The molecule has 2 unspecified atom stereocenters. The van der Waals surface area contributed by atoms with Crippen molar-refractivity contribution in [2.24, 2.45) is 0 Å². The first-order valence-corrected chi connectivity index (χ1v) is 5.27. The average Bonchev–Trinajstić information content (AvgIpc) is 2.69. The van der Waals surface area contributed by atoms with Crippen LogP contribution in [0.15, 0.2) is 0 Å². The van der Waals surface area contributed by atoms with E-state index in [9.17, 15) is 4.79 Å². The number of carboxylic acid groups (broad SMARTS) is 1. The fourth-order valence-corrected chi connectivity index (χ4v) is 1.47. The summed E-state index contributed by atoms with van der Waals surface area (Å²) < 4.78 is 15.7. The molecule has 1 aliphatic heterocycles. The lowest BCUT2D eigenvalue weighted by Gasteiger charge is -2.14. The topological polar surface area (TPSA) is 65.0 Å². The monoisotopic (exact) mass is 218 g/mol. The minimum Gasteiger partial charge on any atom is -0.479 e. The molecule has 0 bridgehead atoms. The molecule has 0 amide bonds.